The first-order chi connectivity index (χ1) is 13.6. The van der Waals surface area contributed by atoms with Gasteiger partial charge in [-0.05, 0) is 23.1 Å². The van der Waals surface area contributed by atoms with Crippen LogP contribution in [0.4, 0.5) is 5.69 Å². The van der Waals surface area contributed by atoms with E-state index in [-0.39, 0.29) is 11.7 Å². The first-order valence-corrected chi connectivity index (χ1v) is 9.01. The SMILES string of the molecule is COC(=O)[C@]1(c2ccccc2)C[C@]1(c1ccccc1)c1ccc([N+](=O)[O-])cc1. The molecule has 0 spiro atoms. The Labute approximate surface area is 162 Å². The number of carbonyl (C=O) groups is 1. The maximum atomic E-state index is 13.1. The van der Waals surface area contributed by atoms with Crippen LogP contribution >= 0.6 is 0 Å². The lowest BCUT2D eigenvalue weighted by Crippen LogP contribution is -2.32. The summed E-state index contributed by atoms with van der Waals surface area (Å²) < 4.78 is 5.24. The minimum Gasteiger partial charge on any atom is -0.468 e. The van der Waals surface area contributed by atoms with Crippen LogP contribution < -0.4 is 0 Å². The van der Waals surface area contributed by atoms with Gasteiger partial charge in [0.1, 0.15) is 5.41 Å². The van der Waals surface area contributed by atoms with Crippen molar-refractivity contribution in [2.24, 2.45) is 0 Å². The Kier molecular flexibility index (Phi) is 4.23. The summed E-state index contributed by atoms with van der Waals surface area (Å²) in [4.78, 5) is 23.8. The molecule has 0 amide bonds. The lowest BCUT2D eigenvalue weighted by Gasteiger charge is -2.26. The van der Waals surface area contributed by atoms with Crippen molar-refractivity contribution in [3.8, 4) is 0 Å². The molecule has 0 N–H and O–H groups in total. The maximum Gasteiger partial charge on any atom is 0.317 e. The number of nitrogens with zero attached hydrogens (tertiary/aromatic N) is 1. The zero-order valence-electron chi connectivity index (χ0n) is 15.4. The molecule has 0 unspecified atom stereocenters. The van der Waals surface area contributed by atoms with Crippen molar-refractivity contribution in [2.75, 3.05) is 7.11 Å². The fraction of sp³-hybridized carbons (Fsp3) is 0.174. The number of hydrogen-bond donors (Lipinski definition) is 0. The molecular formula is C23H19NO4. The molecule has 5 heteroatoms. The van der Waals surface area contributed by atoms with E-state index < -0.39 is 15.8 Å². The average molecular weight is 373 g/mol. The van der Waals surface area contributed by atoms with Crippen LogP contribution in [0, 0.1) is 10.1 Å². The number of methoxy groups -OCH3 is 1. The summed E-state index contributed by atoms with van der Waals surface area (Å²) in [5.41, 5.74) is 1.23. The number of ether oxygens (including phenoxy) is 1. The Bertz CT molecular complexity index is 1020. The molecule has 0 bridgehead atoms. The molecule has 0 heterocycles. The Hall–Kier alpha value is -3.47. The van der Waals surface area contributed by atoms with Crippen LogP contribution in [0.1, 0.15) is 23.1 Å². The van der Waals surface area contributed by atoms with Gasteiger partial charge in [-0.15, -0.1) is 0 Å². The fourth-order valence-electron chi connectivity index (χ4n) is 4.42. The second-order valence-electron chi connectivity index (χ2n) is 7.02. The number of nitro benzene ring substituents is 1. The van der Waals surface area contributed by atoms with Crippen molar-refractivity contribution >= 4 is 11.7 Å². The quantitative estimate of drug-likeness (QED) is 0.378. The molecule has 1 fully saturated rings. The maximum absolute atomic E-state index is 13.1. The van der Waals surface area contributed by atoms with E-state index in [1.807, 2.05) is 60.7 Å². The third kappa shape index (κ3) is 2.43. The van der Waals surface area contributed by atoms with E-state index in [0.29, 0.717) is 6.42 Å². The predicted molar refractivity (Wildman–Crippen MR) is 105 cm³/mol. The first-order valence-electron chi connectivity index (χ1n) is 9.01. The standard InChI is InChI=1S/C23H19NO4/c1-28-21(25)23(18-10-6-3-7-11-18)16-22(23,17-8-4-2-5-9-17)19-12-14-20(15-13-19)24(26)27/h2-15H,16H2,1H3/t22-,23+/m0/s1. The Morgan fingerprint density at radius 3 is 1.86 bits per heavy atom. The molecule has 3 aromatic rings. The fourth-order valence-corrected chi connectivity index (χ4v) is 4.42. The second-order valence-corrected chi connectivity index (χ2v) is 7.02. The third-order valence-corrected chi connectivity index (χ3v) is 5.77. The topological polar surface area (TPSA) is 69.4 Å². The van der Waals surface area contributed by atoms with Gasteiger partial charge in [-0.2, -0.15) is 0 Å². The average Bonchev–Trinajstić information content (AvgIpc) is 3.47. The smallest absolute Gasteiger partial charge is 0.317 e. The number of benzene rings is 3. The summed E-state index contributed by atoms with van der Waals surface area (Å²) in [5.74, 6) is -0.305. The molecule has 0 radical (unpaired) electrons. The van der Waals surface area contributed by atoms with Crippen molar-refractivity contribution in [1.29, 1.82) is 0 Å². The Morgan fingerprint density at radius 2 is 1.36 bits per heavy atom. The number of rotatable bonds is 5. The molecule has 1 aliphatic rings. The largest absolute Gasteiger partial charge is 0.468 e. The molecule has 0 aromatic heterocycles. The molecule has 1 saturated carbocycles. The third-order valence-electron chi connectivity index (χ3n) is 5.77. The highest BCUT2D eigenvalue weighted by molar-refractivity contribution is 5.93. The van der Waals surface area contributed by atoms with E-state index in [2.05, 4.69) is 0 Å². The Balaban J connectivity index is 1.95. The minimum absolute atomic E-state index is 0.0241. The van der Waals surface area contributed by atoms with Crippen molar-refractivity contribution in [1.82, 2.24) is 0 Å². The van der Waals surface area contributed by atoms with Gasteiger partial charge >= 0.3 is 5.97 Å². The summed E-state index contributed by atoms with van der Waals surface area (Å²) in [7, 11) is 1.40. The molecule has 4 rings (SSSR count). The van der Waals surface area contributed by atoms with Crippen LogP contribution in [0.5, 0.6) is 0 Å². The monoisotopic (exact) mass is 373 g/mol. The van der Waals surface area contributed by atoms with Gasteiger partial charge in [-0.25, -0.2) is 0 Å². The van der Waals surface area contributed by atoms with Gasteiger partial charge in [0, 0.05) is 17.5 Å². The van der Waals surface area contributed by atoms with Gasteiger partial charge < -0.3 is 4.74 Å². The van der Waals surface area contributed by atoms with Crippen LogP contribution in [0.2, 0.25) is 0 Å². The van der Waals surface area contributed by atoms with Crippen molar-refractivity contribution < 1.29 is 14.5 Å². The molecular weight excluding hydrogens is 354 g/mol. The molecule has 0 saturated heterocycles. The molecule has 1 aliphatic carbocycles. The number of hydrogen-bond acceptors (Lipinski definition) is 4. The van der Waals surface area contributed by atoms with Crippen molar-refractivity contribution in [2.45, 2.75) is 17.3 Å². The molecule has 28 heavy (non-hydrogen) atoms. The van der Waals surface area contributed by atoms with Crippen LogP contribution in [-0.2, 0) is 20.4 Å². The van der Waals surface area contributed by atoms with Gasteiger partial charge in [0.05, 0.1) is 12.0 Å². The highest BCUT2D eigenvalue weighted by Crippen LogP contribution is 2.69. The molecule has 140 valence electrons. The van der Waals surface area contributed by atoms with E-state index in [1.54, 1.807) is 12.1 Å². The first kappa shape index (κ1) is 17.9. The molecule has 5 nitrogen and oxygen atoms in total. The number of esters is 1. The van der Waals surface area contributed by atoms with Crippen LogP contribution in [0.3, 0.4) is 0 Å². The zero-order chi connectivity index (χ0) is 19.8. The second kappa shape index (κ2) is 6.60. The van der Waals surface area contributed by atoms with E-state index in [9.17, 15) is 14.9 Å². The summed E-state index contributed by atoms with van der Waals surface area (Å²) >= 11 is 0. The summed E-state index contributed by atoms with van der Waals surface area (Å²) in [6.45, 7) is 0. The van der Waals surface area contributed by atoms with E-state index in [4.69, 9.17) is 4.74 Å². The van der Waals surface area contributed by atoms with Gasteiger partial charge in [0.25, 0.3) is 5.69 Å². The van der Waals surface area contributed by atoms with Crippen LogP contribution in [0.15, 0.2) is 84.9 Å². The number of carbonyl (C=O) groups excluding carboxylic acids is 1. The van der Waals surface area contributed by atoms with E-state index in [0.717, 1.165) is 16.7 Å². The van der Waals surface area contributed by atoms with E-state index in [1.165, 1.54) is 19.2 Å². The molecule has 2 atom stereocenters. The normalized spacial score (nSPS) is 23.0. The van der Waals surface area contributed by atoms with E-state index >= 15 is 0 Å². The summed E-state index contributed by atoms with van der Waals surface area (Å²) in [5, 5.41) is 11.1. The number of non-ortho nitro benzene ring substituents is 1. The highest BCUT2D eigenvalue weighted by Gasteiger charge is 2.74. The number of nitro groups is 1. The minimum atomic E-state index is -0.875. The Morgan fingerprint density at radius 1 is 0.857 bits per heavy atom. The van der Waals surface area contributed by atoms with Gasteiger partial charge in [-0.3, -0.25) is 14.9 Å². The zero-order valence-corrected chi connectivity index (χ0v) is 15.4. The van der Waals surface area contributed by atoms with Gasteiger partial charge in [-0.1, -0.05) is 72.8 Å². The summed E-state index contributed by atoms with van der Waals surface area (Å²) in [6.07, 6.45) is 0.540. The predicted octanol–water partition coefficient (Wildman–Crippen LogP) is 4.40. The van der Waals surface area contributed by atoms with Gasteiger partial charge in [0.2, 0.25) is 0 Å². The lowest BCUT2D eigenvalue weighted by atomic mass is 9.77. The van der Waals surface area contributed by atoms with Crippen LogP contribution in [0.25, 0.3) is 0 Å². The van der Waals surface area contributed by atoms with Crippen molar-refractivity contribution in [3.63, 3.8) is 0 Å². The van der Waals surface area contributed by atoms with Crippen molar-refractivity contribution in [3.05, 3.63) is 112 Å². The molecule has 3 aromatic carbocycles. The van der Waals surface area contributed by atoms with Gasteiger partial charge in [0.15, 0.2) is 0 Å². The highest BCUT2D eigenvalue weighted by atomic mass is 16.6. The lowest BCUT2D eigenvalue weighted by molar-refractivity contribution is -0.384. The van der Waals surface area contributed by atoms with Crippen LogP contribution in [-0.4, -0.2) is 18.0 Å². The molecule has 0 aliphatic heterocycles. The summed E-state index contributed by atoms with van der Waals surface area (Å²) in [6, 6.07) is 25.9.